The molecule has 1 aliphatic heterocycles. The summed E-state index contributed by atoms with van der Waals surface area (Å²) in [5, 5.41) is 0. The van der Waals surface area contributed by atoms with E-state index >= 15 is 0 Å². The molecule has 1 aromatic carbocycles. The van der Waals surface area contributed by atoms with Gasteiger partial charge in [-0.2, -0.15) is 0 Å². The summed E-state index contributed by atoms with van der Waals surface area (Å²) in [6, 6.07) is 6.24. The third-order valence-electron chi connectivity index (χ3n) is 2.66. The van der Waals surface area contributed by atoms with E-state index in [-0.39, 0.29) is 0 Å². The zero-order chi connectivity index (χ0) is 11.4. The van der Waals surface area contributed by atoms with Crippen molar-refractivity contribution in [2.45, 2.75) is 12.8 Å². The molecule has 88 valence electrons. The predicted molar refractivity (Wildman–Crippen MR) is 64.3 cm³/mol. The van der Waals surface area contributed by atoms with Crippen LogP contribution in [0.4, 0.5) is 0 Å². The molecule has 1 aliphatic rings. The van der Waals surface area contributed by atoms with Gasteiger partial charge in [0.1, 0.15) is 0 Å². The van der Waals surface area contributed by atoms with Crippen molar-refractivity contribution in [1.82, 2.24) is 4.90 Å². The van der Waals surface area contributed by atoms with E-state index in [0.29, 0.717) is 0 Å². The second-order valence-corrected chi connectivity index (χ2v) is 4.38. The second-order valence-electron chi connectivity index (χ2n) is 4.38. The monoisotopic (exact) mass is 221 g/mol. The summed E-state index contributed by atoms with van der Waals surface area (Å²) in [7, 11) is 4.17. The quantitative estimate of drug-likeness (QED) is 0.778. The van der Waals surface area contributed by atoms with Gasteiger partial charge in [-0.3, -0.25) is 0 Å². The van der Waals surface area contributed by atoms with Gasteiger partial charge in [-0.25, -0.2) is 0 Å². The third-order valence-corrected chi connectivity index (χ3v) is 2.66. The van der Waals surface area contributed by atoms with Gasteiger partial charge in [0.15, 0.2) is 11.5 Å². The van der Waals surface area contributed by atoms with E-state index in [4.69, 9.17) is 9.47 Å². The van der Waals surface area contributed by atoms with E-state index in [1.165, 1.54) is 5.56 Å². The van der Waals surface area contributed by atoms with Crippen molar-refractivity contribution in [1.29, 1.82) is 0 Å². The molecule has 0 N–H and O–H groups in total. The SMILES string of the molecule is CN(C)CCc1ccc2c(c1)OCCCO2. The van der Waals surface area contributed by atoms with Crippen molar-refractivity contribution < 1.29 is 9.47 Å². The Hall–Kier alpha value is -1.22. The summed E-state index contributed by atoms with van der Waals surface area (Å²) in [5.74, 6) is 1.78. The van der Waals surface area contributed by atoms with E-state index < -0.39 is 0 Å². The van der Waals surface area contributed by atoms with Crippen LogP contribution >= 0.6 is 0 Å². The highest BCUT2D eigenvalue weighted by Gasteiger charge is 2.10. The summed E-state index contributed by atoms with van der Waals surface area (Å²) in [6.07, 6.45) is 2.01. The second kappa shape index (κ2) is 5.21. The van der Waals surface area contributed by atoms with Crippen LogP contribution in [0.3, 0.4) is 0 Å². The highest BCUT2D eigenvalue weighted by molar-refractivity contribution is 5.43. The number of likely N-dealkylation sites (N-methyl/N-ethyl adjacent to an activating group) is 1. The minimum absolute atomic E-state index is 0.754. The van der Waals surface area contributed by atoms with Gasteiger partial charge in [-0.15, -0.1) is 0 Å². The topological polar surface area (TPSA) is 21.7 Å². The molecule has 3 heteroatoms. The smallest absolute Gasteiger partial charge is 0.161 e. The highest BCUT2D eigenvalue weighted by Crippen LogP contribution is 2.30. The maximum Gasteiger partial charge on any atom is 0.161 e. The van der Waals surface area contributed by atoms with Crippen LogP contribution < -0.4 is 9.47 Å². The zero-order valence-corrected chi connectivity index (χ0v) is 10.0. The Labute approximate surface area is 97.0 Å². The summed E-state index contributed by atoms with van der Waals surface area (Å²) in [4.78, 5) is 2.18. The minimum Gasteiger partial charge on any atom is -0.490 e. The number of hydrogen-bond acceptors (Lipinski definition) is 3. The van der Waals surface area contributed by atoms with Gasteiger partial charge in [0.05, 0.1) is 13.2 Å². The normalized spacial score (nSPS) is 14.9. The summed E-state index contributed by atoms with van der Waals surface area (Å²) >= 11 is 0. The standard InChI is InChI=1S/C13H19NO2/c1-14(2)7-6-11-4-5-12-13(10-11)16-9-3-8-15-12/h4-5,10H,3,6-9H2,1-2H3. The van der Waals surface area contributed by atoms with Gasteiger partial charge in [0.2, 0.25) is 0 Å². The fourth-order valence-corrected chi connectivity index (χ4v) is 1.72. The molecule has 0 aliphatic carbocycles. The van der Waals surface area contributed by atoms with Gasteiger partial charge < -0.3 is 14.4 Å². The molecule has 0 amide bonds. The van der Waals surface area contributed by atoms with Crippen molar-refractivity contribution in [3.63, 3.8) is 0 Å². The molecular weight excluding hydrogens is 202 g/mol. The van der Waals surface area contributed by atoms with E-state index in [2.05, 4.69) is 31.1 Å². The number of rotatable bonds is 3. The number of benzene rings is 1. The zero-order valence-electron chi connectivity index (χ0n) is 10.0. The van der Waals surface area contributed by atoms with Crippen LogP contribution in [0.25, 0.3) is 0 Å². The first-order valence-corrected chi connectivity index (χ1v) is 5.79. The summed E-state index contributed by atoms with van der Waals surface area (Å²) < 4.78 is 11.3. The summed E-state index contributed by atoms with van der Waals surface area (Å²) in [6.45, 7) is 2.56. The molecule has 0 unspecified atom stereocenters. The minimum atomic E-state index is 0.754. The fraction of sp³-hybridized carbons (Fsp3) is 0.538. The Morgan fingerprint density at radius 1 is 1.12 bits per heavy atom. The Morgan fingerprint density at radius 2 is 1.88 bits per heavy atom. The third kappa shape index (κ3) is 2.89. The van der Waals surface area contributed by atoms with Crippen LogP contribution in [0, 0.1) is 0 Å². The maximum absolute atomic E-state index is 5.66. The average Bonchev–Trinajstić information content (AvgIpc) is 2.50. The van der Waals surface area contributed by atoms with Crippen LogP contribution in [-0.4, -0.2) is 38.8 Å². The van der Waals surface area contributed by atoms with E-state index in [9.17, 15) is 0 Å². The Balaban J connectivity index is 2.08. The maximum atomic E-state index is 5.66. The first kappa shape index (κ1) is 11.3. The fourth-order valence-electron chi connectivity index (χ4n) is 1.72. The molecule has 0 spiro atoms. The number of ether oxygens (including phenoxy) is 2. The first-order chi connectivity index (χ1) is 7.75. The molecule has 0 bridgehead atoms. The lowest BCUT2D eigenvalue weighted by Crippen LogP contribution is -2.15. The molecule has 0 atom stereocenters. The Morgan fingerprint density at radius 3 is 2.62 bits per heavy atom. The molecule has 1 aromatic rings. The van der Waals surface area contributed by atoms with E-state index in [1.807, 2.05) is 6.07 Å². The van der Waals surface area contributed by atoms with Gasteiger partial charge >= 0.3 is 0 Å². The van der Waals surface area contributed by atoms with Crippen molar-refractivity contribution in [3.05, 3.63) is 23.8 Å². The molecule has 0 radical (unpaired) electrons. The van der Waals surface area contributed by atoms with E-state index in [1.54, 1.807) is 0 Å². The van der Waals surface area contributed by atoms with Crippen LogP contribution in [0.5, 0.6) is 11.5 Å². The lowest BCUT2D eigenvalue weighted by atomic mass is 10.1. The summed E-state index contributed by atoms with van der Waals surface area (Å²) in [5.41, 5.74) is 1.30. The van der Waals surface area contributed by atoms with Gasteiger partial charge in [0.25, 0.3) is 0 Å². The molecule has 2 rings (SSSR count). The number of hydrogen-bond donors (Lipinski definition) is 0. The van der Waals surface area contributed by atoms with Crippen LogP contribution in [-0.2, 0) is 6.42 Å². The van der Waals surface area contributed by atoms with Crippen LogP contribution in [0.2, 0.25) is 0 Å². The molecule has 1 heterocycles. The Kier molecular flexibility index (Phi) is 3.67. The molecule has 0 saturated carbocycles. The highest BCUT2D eigenvalue weighted by atomic mass is 16.5. The Bertz CT molecular complexity index is 350. The molecule has 0 fully saturated rings. The number of fused-ring (bicyclic) bond motifs is 1. The van der Waals surface area contributed by atoms with Gasteiger partial charge in [-0.05, 0) is 38.2 Å². The lowest BCUT2D eigenvalue weighted by Gasteiger charge is -2.11. The predicted octanol–water partition coefficient (Wildman–Crippen LogP) is 1.95. The molecular formula is C13H19NO2. The average molecular weight is 221 g/mol. The number of nitrogens with zero attached hydrogens (tertiary/aromatic N) is 1. The van der Waals surface area contributed by atoms with Crippen molar-refractivity contribution >= 4 is 0 Å². The lowest BCUT2D eigenvalue weighted by molar-refractivity contribution is 0.297. The molecule has 16 heavy (non-hydrogen) atoms. The van der Waals surface area contributed by atoms with Crippen LogP contribution in [0.15, 0.2) is 18.2 Å². The molecule has 0 saturated heterocycles. The van der Waals surface area contributed by atoms with Gasteiger partial charge in [-0.1, -0.05) is 6.07 Å². The molecule has 0 aromatic heterocycles. The van der Waals surface area contributed by atoms with Gasteiger partial charge in [0, 0.05) is 13.0 Å². The van der Waals surface area contributed by atoms with Crippen molar-refractivity contribution in [2.75, 3.05) is 33.9 Å². The van der Waals surface area contributed by atoms with Crippen molar-refractivity contribution in [2.24, 2.45) is 0 Å². The van der Waals surface area contributed by atoms with E-state index in [0.717, 1.165) is 44.1 Å². The largest absolute Gasteiger partial charge is 0.490 e. The van der Waals surface area contributed by atoms with Crippen LogP contribution in [0.1, 0.15) is 12.0 Å². The van der Waals surface area contributed by atoms with Crippen molar-refractivity contribution in [3.8, 4) is 11.5 Å². The first-order valence-electron chi connectivity index (χ1n) is 5.79. The molecule has 3 nitrogen and oxygen atoms in total.